The molecule has 5 heteroatoms. The summed E-state index contributed by atoms with van der Waals surface area (Å²) in [6, 6.07) is 24.6. The van der Waals surface area contributed by atoms with Crippen LogP contribution in [0.4, 0.5) is 5.88 Å². The topological polar surface area (TPSA) is 62.6 Å². The first-order valence-electron chi connectivity index (χ1n) is 12.4. The SMILES string of the molecule is O=C(Nc1oc2ccccc2c1C1CCN2CCCC2C1)c1ccccc1C(=O)c1ccccc1. The Hall–Kier alpha value is -3.70. The van der Waals surface area contributed by atoms with Crippen molar-refractivity contribution in [1.29, 1.82) is 0 Å². The zero-order chi connectivity index (χ0) is 23.8. The van der Waals surface area contributed by atoms with Gasteiger partial charge in [-0.2, -0.15) is 0 Å². The molecule has 176 valence electrons. The number of amides is 1. The van der Waals surface area contributed by atoms with Gasteiger partial charge >= 0.3 is 0 Å². The predicted molar refractivity (Wildman–Crippen MR) is 137 cm³/mol. The highest BCUT2D eigenvalue weighted by Gasteiger charge is 2.35. The number of carbonyl (C=O) groups is 2. The number of nitrogens with one attached hydrogen (secondary N) is 1. The number of hydrogen-bond donors (Lipinski definition) is 1. The maximum Gasteiger partial charge on any atom is 0.258 e. The van der Waals surface area contributed by atoms with Gasteiger partial charge in [-0.1, -0.05) is 66.7 Å². The molecule has 0 saturated carbocycles. The molecule has 3 aromatic carbocycles. The minimum Gasteiger partial charge on any atom is -0.440 e. The van der Waals surface area contributed by atoms with E-state index in [9.17, 15) is 9.59 Å². The average Bonchev–Trinajstić information content (AvgIpc) is 3.52. The third kappa shape index (κ3) is 4.06. The highest BCUT2D eigenvalue weighted by molar-refractivity contribution is 6.17. The van der Waals surface area contributed by atoms with Crippen LogP contribution < -0.4 is 5.32 Å². The first-order valence-corrected chi connectivity index (χ1v) is 12.4. The largest absolute Gasteiger partial charge is 0.440 e. The van der Waals surface area contributed by atoms with Gasteiger partial charge in [0.25, 0.3) is 5.91 Å². The van der Waals surface area contributed by atoms with Gasteiger partial charge < -0.3 is 9.32 Å². The van der Waals surface area contributed by atoms with Crippen LogP contribution >= 0.6 is 0 Å². The van der Waals surface area contributed by atoms with E-state index in [1.54, 1.807) is 36.4 Å². The molecule has 1 N–H and O–H groups in total. The number of hydrogen-bond acceptors (Lipinski definition) is 4. The first kappa shape index (κ1) is 21.8. The fraction of sp³-hybridized carbons (Fsp3) is 0.267. The zero-order valence-corrected chi connectivity index (χ0v) is 19.6. The van der Waals surface area contributed by atoms with E-state index in [2.05, 4.69) is 16.3 Å². The lowest BCUT2D eigenvalue weighted by Gasteiger charge is -2.35. The Kier molecular flexibility index (Phi) is 5.71. The number of para-hydroxylation sites is 1. The van der Waals surface area contributed by atoms with Gasteiger partial charge in [0.1, 0.15) is 5.58 Å². The summed E-state index contributed by atoms with van der Waals surface area (Å²) >= 11 is 0. The highest BCUT2D eigenvalue weighted by atomic mass is 16.4. The van der Waals surface area contributed by atoms with E-state index in [0.717, 1.165) is 35.9 Å². The van der Waals surface area contributed by atoms with Gasteiger partial charge in [0, 0.05) is 28.1 Å². The van der Waals surface area contributed by atoms with Crippen LogP contribution in [0.1, 0.15) is 63.4 Å². The molecule has 35 heavy (non-hydrogen) atoms. The van der Waals surface area contributed by atoms with Crippen LogP contribution in [0.15, 0.2) is 83.3 Å². The number of rotatable bonds is 5. The standard InChI is InChI=1S/C30H28N2O3/c33-28(20-9-2-1-3-10-20)23-12-4-5-13-24(23)29(34)31-30-27(25-14-6-7-15-26(25)35-30)21-16-18-32-17-8-11-22(32)19-21/h1-7,9-10,12-15,21-22H,8,11,16-19H2,(H,31,34). The lowest BCUT2D eigenvalue weighted by Crippen LogP contribution is -2.37. The molecule has 1 aromatic heterocycles. The van der Waals surface area contributed by atoms with Crippen molar-refractivity contribution in [2.24, 2.45) is 0 Å². The maximum absolute atomic E-state index is 13.5. The quantitative estimate of drug-likeness (QED) is 0.354. The van der Waals surface area contributed by atoms with Crippen molar-refractivity contribution < 1.29 is 14.0 Å². The van der Waals surface area contributed by atoms with Crippen LogP contribution in [0.3, 0.4) is 0 Å². The van der Waals surface area contributed by atoms with Crippen molar-refractivity contribution in [2.45, 2.75) is 37.6 Å². The first-order chi connectivity index (χ1) is 17.2. The Morgan fingerprint density at radius 1 is 0.829 bits per heavy atom. The van der Waals surface area contributed by atoms with Crippen LogP contribution in [-0.2, 0) is 0 Å². The Bertz CT molecular complexity index is 1390. The number of fused-ring (bicyclic) bond motifs is 2. The molecule has 2 aliphatic rings. The summed E-state index contributed by atoms with van der Waals surface area (Å²) in [6.07, 6.45) is 4.63. The molecule has 0 radical (unpaired) electrons. The van der Waals surface area contributed by atoms with Crippen LogP contribution in [0, 0.1) is 0 Å². The van der Waals surface area contributed by atoms with Gasteiger partial charge in [-0.15, -0.1) is 0 Å². The molecule has 0 bridgehead atoms. The summed E-state index contributed by atoms with van der Waals surface area (Å²) in [6.45, 7) is 2.27. The van der Waals surface area contributed by atoms with E-state index >= 15 is 0 Å². The number of furan rings is 1. The molecule has 1 amide bonds. The van der Waals surface area contributed by atoms with Crippen molar-refractivity contribution in [3.63, 3.8) is 0 Å². The number of benzene rings is 3. The van der Waals surface area contributed by atoms with Gasteiger partial charge in [0.2, 0.25) is 5.88 Å². The van der Waals surface area contributed by atoms with Crippen molar-refractivity contribution in [3.8, 4) is 0 Å². The third-order valence-corrected chi connectivity index (χ3v) is 7.54. The van der Waals surface area contributed by atoms with E-state index in [1.165, 1.54) is 19.4 Å². The number of piperidine rings is 1. The molecule has 4 aromatic rings. The normalized spacial score (nSPS) is 20.0. The highest BCUT2D eigenvalue weighted by Crippen LogP contribution is 2.43. The van der Waals surface area contributed by atoms with Gasteiger partial charge in [-0.25, -0.2) is 0 Å². The van der Waals surface area contributed by atoms with Crippen LogP contribution in [0.5, 0.6) is 0 Å². The predicted octanol–water partition coefficient (Wildman–Crippen LogP) is 6.26. The Morgan fingerprint density at radius 3 is 2.43 bits per heavy atom. The fourth-order valence-electron chi connectivity index (χ4n) is 5.84. The van der Waals surface area contributed by atoms with E-state index < -0.39 is 0 Å². The van der Waals surface area contributed by atoms with Gasteiger partial charge in [-0.3, -0.25) is 14.9 Å². The molecule has 2 unspecified atom stereocenters. The summed E-state index contributed by atoms with van der Waals surface area (Å²) in [4.78, 5) is 29.3. The summed E-state index contributed by atoms with van der Waals surface area (Å²) in [5.41, 5.74) is 3.15. The summed E-state index contributed by atoms with van der Waals surface area (Å²) in [5.74, 6) is 0.336. The molecule has 3 heterocycles. The molecular formula is C30H28N2O3. The monoisotopic (exact) mass is 464 g/mol. The molecule has 2 saturated heterocycles. The molecule has 0 aliphatic carbocycles. The lowest BCUT2D eigenvalue weighted by molar-refractivity contribution is 0.0994. The van der Waals surface area contributed by atoms with Gasteiger partial charge in [0.15, 0.2) is 5.78 Å². The van der Waals surface area contributed by atoms with Crippen molar-refractivity contribution in [2.75, 3.05) is 18.4 Å². The summed E-state index contributed by atoms with van der Waals surface area (Å²) < 4.78 is 6.21. The van der Waals surface area contributed by atoms with E-state index in [1.807, 2.05) is 36.4 Å². The number of nitrogens with zero attached hydrogens (tertiary/aromatic N) is 1. The molecule has 6 rings (SSSR count). The van der Waals surface area contributed by atoms with Crippen LogP contribution in [0.2, 0.25) is 0 Å². The van der Waals surface area contributed by atoms with E-state index in [4.69, 9.17) is 4.42 Å². The maximum atomic E-state index is 13.5. The second kappa shape index (κ2) is 9.16. The molecule has 0 spiro atoms. The second-order valence-electron chi connectivity index (χ2n) is 9.59. The smallest absolute Gasteiger partial charge is 0.258 e. The number of ketones is 1. The second-order valence-corrected chi connectivity index (χ2v) is 9.59. The fourth-order valence-corrected chi connectivity index (χ4v) is 5.84. The van der Waals surface area contributed by atoms with Crippen molar-refractivity contribution >= 4 is 28.5 Å². The lowest BCUT2D eigenvalue weighted by atomic mass is 9.84. The van der Waals surface area contributed by atoms with Crippen molar-refractivity contribution in [1.82, 2.24) is 4.90 Å². The Labute approximate surface area is 204 Å². The van der Waals surface area contributed by atoms with E-state index in [-0.39, 0.29) is 11.7 Å². The van der Waals surface area contributed by atoms with E-state index in [0.29, 0.717) is 34.5 Å². The summed E-state index contributed by atoms with van der Waals surface area (Å²) in [7, 11) is 0. The molecule has 2 atom stereocenters. The zero-order valence-electron chi connectivity index (χ0n) is 19.6. The Morgan fingerprint density at radius 2 is 1.57 bits per heavy atom. The van der Waals surface area contributed by atoms with Crippen LogP contribution in [-0.4, -0.2) is 35.7 Å². The minimum absolute atomic E-state index is 0.171. The minimum atomic E-state index is -0.330. The number of carbonyl (C=O) groups excluding carboxylic acids is 2. The molecule has 5 nitrogen and oxygen atoms in total. The Balaban J connectivity index is 1.34. The van der Waals surface area contributed by atoms with Crippen molar-refractivity contribution in [3.05, 3.63) is 101 Å². The molecule has 2 aliphatic heterocycles. The van der Waals surface area contributed by atoms with Gasteiger partial charge in [-0.05, 0) is 56.8 Å². The number of anilines is 1. The van der Waals surface area contributed by atoms with Gasteiger partial charge in [0.05, 0.1) is 5.56 Å². The third-order valence-electron chi connectivity index (χ3n) is 7.54. The molecule has 2 fully saturated rings. The molecular weight excluding hydrogens is 436 g/mol. The van der Waals surface area contributed by atoms with Crippen LogP contribution in [0.25, 0.3) is 11.0 Å². The summed E-state index contributed by atoms with van der Waals surface area (Å²) in [5, 5.41) is 4.11. The average molecular weight is 465 g/mol.